The van der Waals surface area contributed by atoms with E-state index in [0.29, 0.717) is 6.04 Å². The number of halogens is 1. The predicted molar refractivity (Wildman–Crippen MR) is 86.4 cm³/mol. The third-order valence-corrected chi connectivity index (χ3v) is 5.07. The van der Waals surface area contributed by atoms with Crippen molar-refractivity contribution >= 4 is 15.9 Å². The van der Waals surface area contributed by atoms with Gasteiger partial charge in [0.25, 0.3) is 0 Å². The molecular formula is C17H26BrN. The van der Waals surface area contributed by atoms with Crippen LogP contribution in [-0.4, -0.2) is 12.6 Å². The standard InChI is InChI=1S/C17H26BrN/c1-13(2)19-12-16-9-4-3-7-14(16)11-15-8-5-6-10-17(15)18/h5-6,8,10,13-14,16,19H,3-4,7,9,11-12H2,1-2H3. The van der Waals surface area contributed by atoms with Crippen LogP contribution in [0.2, 0.25) is 0 Å². The molecule has 0 bridgehead atoms. The predicted octanol–water partition coefficient (Wildman–Crippen LogP) is 4.80. The number of hydrogen-bond acceptors (Lipinski definition) is 1. The maximum Gasteiger partial charge on any atom is 0.0207 e. The van der Waals surface area contributed by atoms with Gasteiger partial charge in [0.2, 0.25) is 0 Å². The fraction of sp³-hybridized carbons (Fsp3) is 0.647. The van der Waals surface area contributed by atoms with Crippen molar-refractivity contribution < 1.29 is 0 Å². The first-order valence-corrected chi connectivity index (χ1v) is 8.43. The van der Waals surface area contributed by atoms with E-state index in [0.717, 1.165) is 11.8 Å². The van der Waals surface area contributed by atoms with Crippen LogP contribution in [-0.2, 0) is 6.42 Å². The van der Waals surface area contributed by atoms with E-state index in [1.807, 2.05) is 0 Å². The van der Waals surface area contributed by atoms with E-state index < -0.39 is 0 Å². The molecule has 2 rings (SSSR count). The molecule has 2 atom stereocenters. The highest BCUT2D eigenvalue weighted by Crippen LogP contribution is 2.33. The van der Waals surface area contributed by atoms with E-state index in [9.17, 15) is 0 Å². The highest BCUT2D eigenvalue weighted by Gasteiger charge is 2.25. The molecule has 19 heavy (non-hydrogen) atoms. The highest BCUT2D eigenvalue weighted by atomic mass is 79.9. The lowest BCUT2D eigenvalue weighted by Crippen LogP contribution is -2.35. The molecular weight excluding hydrogens is 298 g/mol. The van der Waals surface area contributed by atoms with Crippen LogP contribution >= 0.6 is 15.9 Å². The molecule has 0 saturated heterocycles. The zero-order chi connectivity index (χ0) is 13.7. The van der Waals surface area contributed by atoms with Gasteiger partial charge in [-0.2, -0.15) is 0 Å². The normalized spacial score (nSPS) is 23.8. The zero-order valence-corrected chi connectivity index (χ0v) is 13.7. The molecule has 1 N–H and O–H groups in total. The van der Waals surface area contributed by atoms with Gasteiger partial charge >= 0.3 is 0 Å². The van der Waals surface area contributed by atoms with Gasteiger partial charge in [-0.25, -0.2) is 0 Å². The van der Waals surface area contributed by atoms with Crippen molar-refractivity contribution in [1.29, 1.82) is 0 Å². The Hall–Kier alpha value is -0.340. The Morgan fingerprint density at radius 3 is 2.53 bits per heavy atom. The zero-order valence-electron chi connectivity index (χ0n) is 12.2. The Kier molecular flexibility index (Phi) is 5.90. The summed E-state index contributed by atoms with van der Waals surface area (Å²) in [5.74, 6) is 1.70. The molecule has 0 radical (unpaired) electrons. The number of nitrogens with one attached hydrogen (secondary N) is 1. The van der Waals surface area contributed by atoms with Gasteiger partial charge < -0.3 is 5.32 Å². The summed E-state index contributed by atoms with van der Waals surface area (Å²) in [6, 6.07) is 9.30. The molecule has 0 spiro atoms. The molecule has 1 nitrogen and oxygen atoms in total. The fourth-order valence-corrected chi connectivity index (χ4v) is 3.60. The minimum atomic E-state index is 0.603. The largest absolute Gasteiger partial charge is 0.314 e. The SMILES string of the molecule is CC(C)NCC1CCCCC1Cc1ccccc1Br. The van der Waals surface area contributed by atoms with Crippen LogP contribution in [0.1, 0.15) is 45.1 Å². The first-order valence-electron chi connectivity index (χ1n) is 7.63. The average Bonchev–Trinajstić information content (AvgIpc) is 2.40. The second-order valence-electron chi connectivity index (χ2n) is 6.16. The molecule has 2 heteroatoms. The van der Waals surface area contributed by atoms with E-state index in [-0.39, 0.29) is 0 Å². The van der Waals surface area contributed by atoms with E-state index in [1.54, 1.807) is 0 Å². The summed E-state index contributed by atoms with van der Waals surface area (Å²) in [4.78, 5) is 0. The van der Waals surface area contributed by atoms with Crippen LogP contribution in [0.5, 0.6) is 0 Å². The number of hydrogen-bond donors (Lipinski definition) is 1. The maximum atomic E-state index is 3.69. The first kappa shape index (κ1) is 15.1. The molecule has 0 aromatic heterocycles. The molecule has 2 unspecified atom stereocenters. The Bertz CT molecular complexity index is 389. The Balaban J connectivity index is 1.97. The lowest BCUT2D eigenvalue weighted by molar-refractivity contribution is 0.224. The van der Waals surface area contributed by atoms with Crippen LogP contribution in [0.4, 0.5) is 0 Å². The smallest absolute Gasteiger partial charge is 0.0207 e. The van der Waals surface area contributed by atoms with Crippen LogP contribution in [0.3, 0.4) is 0 Å². The Labute approximate surface area is 126 Å². The van der Waals surface area contributed by atoms with Crippen LogP contribution in [0.15, 0.2) is 28.7 Å². The molecule has 1 aromatic carbocycles. The quantitative estimate of drug-likeness (QED) is 0.821. The third kappa shape index (κ3) is 4.61. The van der Waals surface area contributed by atoms with E-state index >= 15 is 0 Å². The molecule has 0 aliphatic heterocycles. The van der Waals surface area contributed by atoms with Gasteiger partial charge in [0.15, 0.2) is 0 Å². The van der Waals surface area contributed by atoms with Gasteiger partial charge in [-0.15, -0.1) is 0 Å². The minimum absolute atomic E-state index is 0.603. The minimum Gasteiger partial charge on any atom is -0.314 e. The Morgan fingerprint density at radius 2 is 1.84 bits per heavy atom. The lowest BCUT2D eigenvalue weighted by Gasteiger charge is -2.32. The van der Waals surface area contributed by atoms with Crippen molar-refractivity contribution in [3.8, 4) is 0 Å². The number of rotatable bonds is 5. The second kappa shape index (κ2) is 7.44. The summed E-state index contributed by atoms with van der Waals surface area (Å²) >= 11 is 3.69. The third-order valence-electron chi connectivity index (χ3n) is 4.29. The summed E-state index contributed by atoms with van der Waals surface area (Å²) in [5, 5.41) is 3.63. The van der Waals surface area contributed by atoms with Gasteiger partial charge in [-0.05, 0) is 49.3 Å². The maximum absolute atomic E-state index is 3.69. The van der Waals surface area contributed by atoms with Crippen LogP contribution in [0, 0.1) is 11.8 Å². The van der Waals surface area contributed by atoms with E-state index in [4.69, 9.17) is 0 Å². The molecule has 1 aliphatic rings. The highest BCUT2D eigenvalue weighted by molar-refractivity contribution is 9.10. The monoisotopic (exact) mass is 323 g/mol. The molecule has 1 saturated carbocycles. The van der Waals surface area contributed by atoms with E-state index in [2.05, 4.69) is 59.4 Å². The molecule has 1 aromatic rings. The summed E-state index contributed by atoms with van der Waals surface area (Å²) in [6.07, 6.45) is 6.84. The molecule has 0 heterocycles. The fourth-order valence-electron chi connectivity index (χ4n) is 3.16. The van der Waals surface area contributed by atoms with Crippen molar-refractivity contribution in [2.75, 3.05) is 6.54 Å². The van der Waals surface area contributed by atoms with Gasteiger partial charge in [0, 0.05) is 10.5 Å². The average molecular weight is 324 g/mol. The van der Waals surface area contributed by atoms with Gasteiger partial charge in [-0.1, -0.05) is 60.8 Å². The topological polar surface area (TPSA) is 12.0 Å². The summed E-state index contributed by atoms with van der Waals surface area (Å²) in [7, 11) is 0. The number of benzene rings is 1. The van der Waals surface area contributed by atoms with Crippen LogP contribution < -0.4 is 5.32 Å². The van der Waals surface area contributed by atoms with Gasteiger partial charge in [0.1, 0.15) is 0 Å². The summed E-state index contributed by atoms with van der Waals surface area (Å²) in [5.41, 5.74) is 1.48. The second-order valence-corrected chi connectivity index (χ2v) is 7.02. The Morgan fingerprint density at radius 1 is 1.16 bits per heavy atom. The summed E-state index contributed by atoms with van der Waals surface area (Å²) in [6.45, 7) is 5.67. The molecule has 106 valence electrons. The van der Waals surface area contributed by atoms with Crippen molar-refractivity contribution in [2.45, 2.75) is 52.0 Å². The molecule has 1 aliphatic carbocycles. The lowest BCUT2D eigenvalue weighted by atomic mass is 9.76. The van der Waals surface area contributed by atoms with Crippen molar-refractivity contribution in [3.63, 3.8) is 0 Å². The van der Waals surface area contributed by atoms with E-state index in [1.165, 1.54) is 48.7 Å². The first-order chi connectivity index (χ1) is 9.16. The van der Waals surface area contributed by atoms with Crippen molar-refractivity contribution in [2.24, 2.45) is 11.8 Å². The molecule has 1 fully saturated rings. The van der Waals surface area contributed by atoms with Crippen molar-refractivity contribution in [3.05, 3.63) is 34.3 Å². The van der Waals surface area contributed by atoms with Gasteiger partial charge in [-0.3, -0.25) is 0 Å². The van der Waals surface area contributed by atoms with Crippen LogP contribution in [0.25, 0.3) is 0 Å². The molecule has 0 amide bonds. The van der Waals surface area contributed by atoms with Crippen molar-refractivity contribution in [1.82, 2.24) is 5.32 Å². The van der Waals surface area contributed by atoms with Gasteiger partial charge in [0.05, 0.1) is 0 Å². The summed E-state index contributed by atoms with van der Waals surface area (Å²) < 4.78 is 1.27.